The van der Waals surface area contributed by atoms with Crippen molar-refractivity contribution < 1.29 is 9.53 Å². The Morgan fingerprint density at radius 3 is 2.67 bits per heavy atom. The molecule has 18 heavy (non-hydrogen) atoms. The summed E-state index contributed by atoms with van der Waals surface area (Å²) in [6.45, 7) is 5.11. The highest BCUT2D eigenvalue weighted by Gasteiger charge is 2.43. The van der Waals surface area contributed by atoms with E-state index in [-0.39, 0.29) is 12.1 Å². The van der Waals surface area contributed by atoms with Gasteiger partial charge in [0, 0.05) is 24.1 Å². The van der Waals surface area contributed by atoms with Crippen molar-refractivity contribution in [1.29, 1.82) is 0 Å². The standard InChI is InChI=1S/C15H17NO2/c1-10-9-16-14(17)8-13(18-15(16)11(10)2)12-6-4-3-5-7-12/h3-8,10-11,15H,9H2,1-2H3/t10-,11+,15?/m0/s1. The molecule has 1 aromatic rings. The predicted molar refractivity (Wildman–Crippen MR) is 69.3 cm³/mol. The molecule has 1 aromatic carbocycles. The van der Waals surface area contributed by atoms with Crippen LogP contribution in [0.1, 0.15) is 19.4 Å². The summed E-state index contributed by atoms with van der Waals surface area (Å²) < 4.78 is 6.02. The largest absolute Gasteiger partial charge is 0.469 e. The molecular weight excluding hydrogens is 226 g/mol. The van der Waals surface area contributed by atoms with Crippen LogP contribution in [0.5, 0.6) is 0 Å². The number of fused-ring (bicyclic) bond motifs is 1. The summed E-state index contributed by atoms with van der Waals surface area (Å²) in [5, 5.41) is 0. The van der Waals surface area contributed by atoms with E-state index >= 15 is 0 Å². The minimum Gasteiger partial charge on any atom is -0.469 e. The van der Waals surface area contributed by atoms with Crippen molar-refractivity contribution in [1.82, 2.24) is 4.90 Å². The lowest BCUT2D eigenvalue weighted by Gasteiger charge is -2.32. The predicted octanol–water partition coefficient (Wildman–Crippen LogP) is 2.50. The van der Waals surface area contributed by atoms with E-state index in [0.29, 0.717) is 17.6 Å². The molecule has 0 N–H and O–H groups in total. The molecule has 3 rings (SSSR count). The first kappa shape index (κ1) is 11.3. The smallest absolute Gasteiger partial charge is 0.253 e. The van der Waals surface area contributed by atoms with Crippen molar-refractivity contribution in [3.63, 3.8) is 0 Å². The summed E-state index contributed by atoms with van der Waals surface area (Å²) >= 11 is 0. The van der Waals surface area contributed by atoms with E-state index in [9.17, 15) is 4.79 Å². The van der Waals surface area contributed by atoms with Gasteiger partial charge in [-0.2, -0.15) is 0 Å². The number of carbonyl (C=O) groups is 1. The highest BCUT2D eigenvalue weighted by atomic mass is 16.5. The zero-order chi connectivity index (χ0) is 12.7. The number of carbonyl (C=O) groups excluding carboxylic acids is 1. The first-order chi connectivity index (χ1) is 8.66. The monoisotopic (exact) mass is 243 g/mol. The summed E-state index contributed by atoms with van der Waals surface area (Å²) in [5.41, 5.74) is 0.970. The molecule has 2 aliphatic heterocycles. The van der Waals surface area contributed by atoms with Crippen molar-refractivity contribution in [2.45, 2.75) is 20.1 Å². The fourth-order valence-electron chi connectivity index (χ4n) is 2.64. The number of ether oxygens (including phenoxy) is 1. The number of nitrogens with zero attached hydrogens (tertiary/aromatic N) is 1. The molecule has 2 aliphatic rings. The maximum absolute atomic E-state index is 12.1. The highest BCUT2D eigenvalue weighted by Crippen LogP contribution is 2.36. The number of rotatable bonds is 1. The lowest BCUT2D eigenvalue weighted by atomic mass is 9.99. The number of hydrogen-bond donors (Lipinski definition) is 0. The molecule has 3 atom stereocenters. The average molecular weight is 243 g/mol. The van der Waals surface area contributed by atoms with Crippen molar-refractivity contribution in [2.75, 3.05) is 6.54 Å². The second-order valence-corrected chi connectivity index (χ2v) is 5.21. The molecule has 0 aromatic heterocycles. The van der Waals surface area contributed by atoms with Gasteiger partial charge in [-0.15, -0.1) is 0 Å². The lowest BCUT2D eigenvalue weighted by molar-refractivity contribution is -0.136. The Morgan fingerprint density at radius 1 is 1.22 bits per heavy atom. The van der Waals surface area contributed by atoms with Crippen molar-refractivity contribution in [3.8, 4) is 0 Å². The van der Waals surface area contributed by atoms with E-state index in [1.807, 2.05) is 35.2 Å². The van der Waals surface area contributed by atoms with Crippen LogP contribution in [0, 0.1) is 11.8 Å². The quantitative estimate of drug-likeness (QED) is 0.758. The topological polar surface area (TPSA) is 29.5 Å². The van der Waals surface area contributed by atoms with Gasteiger partial charge in [-0.05, 0) is 5.92 Å². The van der Waals surface area contributed by atoms with Gasteiger partial charge in [0.15, 0.2) is 6.23 Å². The molecule has 0 radical (unpaired) electrons. The normalized spacial score (nSPS) is 30.8. The van der Waals surface area contributed by atoms with Gasteiger partial charge in [-0.25, -0.2) is 0 Å². The molecule has 0 spiro atoms. The van der Waals surface area contributed by atoms with Crippen LogP contribution in [-0.4, -0.2) is 23.6 Å². The first-order valence-electron chi connectivity index (χ1n) is 6.41. The van der Waals surface area contributed by atoms with Crippen LogP contribution in [0.2, 0.25) is 0 Å². The molecule has 3 nitrogen and oxygen atoms in total. The fourth-order valence-corrected chi connectivity index (χ4v) is 2.64. The molecule has 0 saturated carbocycles. The van der Waals surface area contributed by atoms with E-state index in [1.54, 1.807) is 6.08 Å². The Morgan fingerprint density at radius 2 is 1.94 bits per heavy atom. The van der Waals surface area contributed by atoms with Gasteiger partial charge in [0.1, 0.15) is 5.76 Å². The van der Waals surface area contributed by atoms with E-state index in [0.717, 1.165) is 12.1 Å². The Balaban J connectivity index is 1.92. The van der Waals surface area contributed by atoms with E-state index < -0.39 is 0 Å². The van der Waals surface area contributed by atoms with Crippen LogP contribution in [0.15, 0.2) is 36.4 Å². The van der Waals surface area contributed by atoms with Crippen LogP contribution in [0.25, 0.3) is 5.76 Å². The number of amides is 1. The third-order valence-corrected chi connectivity index (χ3v) is 3.98. The molecule has 1 amide bonds. The SMILES string of the molecule is C[C@H]1CN2C(=O)C=C(c3ccccc3)OC2[C@@H]1C. The van der Waals surface area contributed by atoms with E-state index in [1.165, 1.54) is 0 Å². The molecule has 1 fully saturated rings. The Kier molecular flexibility index (Phi) is 2.62. The summed E-state index contributed by atoms with van der Waals surface area (Å²) in [5.74, 6) is 1.63. The van der Waals surface area contributed by atoms with Crippen LogP contribution >= 0.6 is 0 Å². The van der Waals surface area contributed by atoms with Crippen LogP contribution in [0.4, 0.5) is 0 Å². The maximum atomic E-state index is 12.1. The van der Waals surface area contributed by atoms with Crippen molar-refractivity contribution in [2.24, 2.45) is 11.8 Å². The van der Waals surface area contributed by atoms with Gasteiger partial charge < -0.3 is 9.64 Å². The van der Waals surface area contributed by atoms with Crippen molar-refractivity contribution in [3.05, 3.63) is 42.0 Å². The zero-order valence-corrected chi connectivity index (χ0v) is 10.7. The molecule has 3 heteroatoms. The molecule has 1 unspecified atom stereocenters. The van der Waals surface area contributed by atoms with Gasteiger partial charge in [0.05, 0.1) is 0 Å². The van der Waals surface area contributed by atoms with Gasteiger partial charge in [0.25, 0.3) is 5.91 Å². The summed E-state index contributed by atoms with van der Waals surface area (Å²) in [4.78, 5) is 14.0. The van der Waals surface area contributed by atoms with Crippen LogP contribution < -0.4 is 0 Å². The number of benzene rings is 1. The Bertz CT molecular complexity index is 494. The Labute approximate surface area is 107 Å². The third-order valence-electron chi connectivity index (χ3n) is 3.98. The second-order valence-electron chi connectivity index (χ2n) is 5.21. The minimum atomic E-state index is -0.104. The molecule has 94 valence electrons. The minimum absolute atomic E-state index is 0.0707. The molecule has 0 aliphatic carbocycles. The first-order valence-corrected chi connectivity index (χ1v) is 6.41. The molecular formula is C15H17NO2. The Hall–Kier alpha value is -1.77. The number of hydrogen-bond acceptors (Lipinski definition) is 2. The summed E-state index contributed by atoms with van der Waals surface area (Å²) in [6, 6.07) is 9.81. The van der Waals surface area contributed by atoms with Crippen LogP contribution in [0.3, 0.4) is 0 Å². The van der Waals surface area contributed by atoms with E-state index in [4.69, 9.17) is 4.74 Å². The molecule has 0 bridgehead atoms. The van der Waals surface area contributed by atoms with Gasteiger partial charge in [0.2, 0.25) is 0 Å². The maximum Gasteiger partial charge on any atom is 0.253 e. The average Bonchev–Trinajstić information content (AvgIpc) is 2.68. The third kappa shape index (κ3) is 1.70. The van der Waals surface area contributed by atoms with Crippen LogP contribution in [-0.2, 0) is 9.53 Å². The van der Waals surface area contributed by atoms with Crippen molar-refractivity contribution >= 4 is 11.7 Å². The summed E-state index contributed by atoms with van der Waals surface area (Å²) in [6.07, 6.45) is 1.50. The highest BCUT2D eigenvalue weighted by molar-refractivity contribution is 5.95. The van der Waals surface area contributed by atoms with E-state index in [2.05, 4.69) is 13.8 Å². The van der Waals surface area contributed by atoms with Gasteiger partial charge in [-0.1, -0.05) is 44.2 Å². The zero-order valence-electron chi connectivity index (χ0n) is 10.7. The molecule has 1 saturated heterocycles. The lowest BCUT2D eigenvalue weighted by Crippen LogP contribution is -2.41. The van der Waals surface area contributed by atoms with Gasteiger partial charge >= 0.3 is 0 Å². The molecule has 2 heterocycles. The summed E-state index contributed by atoms with van der Waals surface area (Å²) in [7, 11) is 0. The second kappa shape index (κ2) is 4.16. The fraction of sp³-hybridized carbons (Fsp3) is 0.400. The van der Waals surface area contributed by atoms with Gasteiger partial charge in [-0.3, -0.25) is 4.79 Å².